The Balaban J connectivity index is 2.44. The maximum atomic E-state index is 13.9. The summed E-state index contributed by atoms with van der Waals surface area (Å²) in [7, 11) is 0. The van der Waals surface area contributed by atoms with Crippen molar-refractivity contribution in [3.05, 3.63) is 35.1 Å². The second kappa shape index (κ2) is 4.51. The average Bonchev–Trinajstić information content (AvgIpc) is 2.26. The Morgan fingerprint density at radius 2 is 2.00 bits per heavy atom. The normalized spacial score (nSPS) is 24.2. The van der Waals surface area contributed by atoms with Crippen molar-refractivity contribution >= 4 is 5.84 Å². The van der Waals surface area contributed by atoms with Crippen LogP contribution in [0.25, 0.3) is 0 Å². The molecule has 1 heterocycles. The van der Waals surface area contributed by atoms with E-state index in [2.05, 4.69) is 4.99 Å². The van der Waals surface area contributed by atoms with E-state index in [1.165, 1.54) is 0 Å². The maximum absolute atomic E-state index is 13.9. The first-order valence-electron chi connectivity index (χ1n) is 5.94. The molecule has 0 fully saturated rings. The summed E-state index contributed by atoms with van der Waals surface area (Å²) in [6.07, 6.45) is -2.60. The molecule has 0 amide bonds. The van der Waals surface area contributed by atoms with Gasteiger partial charge in [-0.05, 0) is 31.9 Å². The fourth-order valence-corrected chi connectivity index (χ4v) is 2.37. The summed E-state index contributed by atoms with van der Waals surface area (Å²) >= 11 is 0. The molecule has 1 aliphatic heterocycles. The van der Waals surface area contributed by atoms with Crippen molar-refractivity contribution in [1.29, 1.82) is 0 Å². The number of nitrogens with two attached hydrogens (primary N) is 1. The van der Waals surface area contributed by atoms with Crippen molar-refractivity contribution in [2.24, 2.45) is 10.7 Å². The highest BCUT2D eigenvalue weighted by atomic mass is 19.4. The minimum absolute atomic E-state index is 0.156. The lowest BCUT2D eigenvalue weighted by Gasteiger charge is -2.30. The van der Waals surface area contributed by atoms with Crippen LogP contribution in [0.1, 0.15) is 37.3 Å². The minimum Gasteiger partial charge on any atom is -0.387 e. The largest absolute Gasteiger partial charge is 0.416 e. The number of benzene rings is 1. The number of hydrogen-bond donors (Lipinski definition) is 1. The first-order chi connectivity index (χ1) is 8.72. The van der Waals surface area contributed by atoms with Crippen LogP contribution in [0.4, 0.5) is 17.6 Å². The Kier molecular flexibility index (Phi) is 3.28. The second-order valence-electron chi connectivity index (χ2n) is 4.92. The lowest BCUT2D eigenvalue weighted by Crippen LogP contribution is -2.30. The van der Waals surface area contributed by atoms with Gasteiger partial charge in [0.1, 0.15) is 5.82 Å². The van der Waals surface area contributed by atoms with Gasteiger partial charge in [0.25, 0.3) is 0 Å². The first-order valence-corrected chi connectivity index (χ1v) is 5.94. The van der Waals surface area contributed by atoms with Gasteiger partial charge in [-0.3, -0.25) is 4.99 Å². The number of aliphatic imine (C=N–C) groups is 1. The molecule has 2 N–H and O–H groups in total. The molecule has 0 unspecified atom stereocenters. The molecule has 1 aliphatic rings. The van der Waals surface area contributed by atoms with Crippen LogP contribution >= 0.6 is 0 Å². The molecule has 1 aromatic carbocycles. The zero-order valence-corrected chi connectivity index (χ0v) is 10.4. The van der Waals surface area contributed by atoms with E-state index in [1.807, 2.05) is 0 Å². The van der Waals surface area contributed by atoms with E-state index in [0.717, 1.165) is 18.6 Å². The third-order valence-electron chi connectivity index (χ3n) is 3.36. The Morgan fingerprint density at radius 3 is 2.53 bits per heavy atom. The standard InChI is InChI=1S/C13H14F4N2/c1-12(6-2-3-11(18)19-12)9-5-4-8(7-10(9)14)13(15,16)17/h4-5,7H,2-3,6H2,1H3,(H2,18,19)/t12-/m1/s1. The SMILES string of the molecule is C[C@]1(c2ccc(C(F)(F)F)cc2F)CCCC(N)=N1. The molecule has 1 aromatic rings. The molecule has 2 nitrogen and oxygen atoms in total. The highest BCUT2D eigenvalue weighted by Crippen LogP contribution is 2.38. The molecule has 0 aromatic heterocycles. The summed E-state index contributed by atoms with van der Waals surface area (Å²) in [5.74, 6) is -0.483. The van der Waals surface area contributed by atoms with Crippen molar-refractivity contribution in [3.63, 3.8) is 0 Å². The van der Waals surface area contributed by atoms with Crippen LogP contribution in [0.5, 0.6) is 0 Å². The molecular formula is C13H14F4N2. The predicted molar refractivity (Wildman–Crippen MR) is 64.2 cm³/mol. The third kappa shape index (κ3) is 2.72. The maximum Gasteiger partial charge on any atom is 0.416 e. The van der Waals surface area contributed by atoms with Gasteiger partial charge in [0.15, 0.2) is 0 Å². The molecule has 0 aliphatic carbocycles. The van der Waals surface area contributed by atoms with E-state index in [0.29, 0.717) is 24.7 Å². The lowest BCUT2D eigenvalue weighted by molar-refractivity contribution is -0.137. The number of amidine groups is 1. The quantitative estimate of drug-likeness (QED) is 0.781. The summed E-state index contributed by atoms with van der Waals surface area (Å²) in [6.45, 7) is 1.69. The Labute approximate surface area is 108 Å². The zero-order chi connectivity index (χ0) is 14.3. The van der Waals surface area contributed by atoms with Gasteiger partial charge in [-0.25, -0.2) is 4.39 Å². The molecule has 19 heavy (non-hydrogen) atoms. The van der Waals surface area contributed by atoms with Crippen LogP contribution < -0.4 is 5.73 Å². The summed E-state index contributed by atoms with van der Waals surface area (Å²) in [6, 6.07) is 2.55. The Hall–Kier alpha value is -1.59. The molecule has 104 valence electrons. The van der Waals surface area contributed by atoms with Gasteiger partial charge in [-0.1, -0.05) is 6.07 Å². The van der Waals surface area contributed by atoms with Gasteiger partial charge in [0, 0.05) is 12.0 Å². The second-order valence-corrected chi connectivity index (χ2v) is 4.92. The van der Waals surface area contributed by atoms with E-state index in [1.54, 1.807) is 6.92 Å². The van der Waals surface area contributed by atoms with E-state index in [9.17, 15) is 17.6 Å². The van der Waals surface area contributed by atoms with Gasteiger partial charge < -0.3 is 5.73 Å². The Bertz CT molecular complexity index is 522. The predicted octanol–water partition coefficient (Wildman–Crippen LogP) is 3.60. The van der Waals surface area contributed by atoms with Crippen LogP contribution in [-0.4, -0.2) is 5.84 Å². The molecule has 6 heteroatoms. The molecule has 0 saturated carbocycles. The molecule has 0 saturated heterocycles. The summed E-state index contributed by atoms with van der Waals surface area (Å²) in [5, 5.41) is 0. The van der Waals surface area contributed by atoms with E-state index in [-0.39, 0.29) is 5.56 Å². The number of halogens is 4. The van der Waals surface area contributed by atoms with E-state index < -0.39 is 23.1 Å². The van der Waals surface area contributed by atoms with Gasteiger partial charge in [0.05, 0.1) is 16.9 Å². The number of rotatable bonds is 1. The smallest absolute Gasteiger partial charge is 0.387 e. The summed E-state index contributed by atoms with van der Waals surface area (Å²) in [4.78, 5) is 4.21. The minimum atomic E-state index is -4.55. The van der Waals surface area contributed by atoms with Crippen molar-refractivity contribution in [3.8, 4) is 0 Å². The van der Waals surface area contributed by atoms with Crippen LogP contribution in [0.2, 0.25) is 0 Å². The van der Waals surface area contributed by atoms with E-state index in [4.69, 9.17) is 5.73 Å². The summed E-state index contributed by atoms with van der Waals surface area (Å²) < 4.78 is 51.4. The highest BCUT2D eigenvalue weighted by Gasteiger charge is 2.35. The van der Waals surface area contributed by atoms with Gasteiger partial charge in [-0.2, -0.15) is 13.2 Å². The molecule has 2 rings (SSSR count). The highest BCUT2D eigenvalue weighted by molar-refractivity contribution is 5.81. The lowest BCUT2D eigenvalue weighted by atomic mass is 9.84. The van der Waals surface area contributed by atoms with Gasteiger partial charge >= 0.3 is 6.18 Å². The molecular weight excluding hydrogens is 260 g/mol. The number of nitrogens with zero attached hydrogens (tertiary/aromatic N) is 1. The average molecular weight is 274 g/mol. The van der Waals surface area contributed by atoms with Crippen molar-refractivity contribution in [1.82, 2.24) is 0 Å². The topological polar surface area (TPSA) is 38.4 Å². The van der Waals surface area contributed by atoms with Gasteiger partial charge in [-0.15, -0.1) is 0 Å². The van der Waals surface area contributed by atoms with Crippen LogP contribution in [0, 0.1) is 5.82 Å². The van der Waals surface area contributed by atoms with Crippen LogP contribution in [-0.2, 0) is 11.7 Å². The summed E-state index contributed by atoms with van der Waals surface area (Å²) in [5.41, 5.74) is 3.93. The van der Waals surface area contributed by atoms with Crippen molar-refractivity contribution in [2.45, 2.75) is 37.9 Å². The van der Waals surface area contributed by atoms with Crippen LogP contribution in [0.3, 0.4) is 0 Å². The Morgan fingerprint density at radius 1 is 1.32 bits per heavy atom. The monoisotopic (exact) mass is 274 g/mol. The number of alkyl halides is 3. The van der Waals surface area contributed by atoms with E-state index >= 15 is 0 Å². The van der Waals surface area contributed by atoms with Crippen LogP contribution in [0.15, 0.2) is 23.2 Å². The van der Waals surface area contributed by atoms with Crippen molar-refractivity contribution in [2.75, 3.05) is 0 Å². The zero-order valence-electron chi connectivity index (χ0n) is 10.4. The van der Waals surface area contributed by atoms with Crippen molar-refractivity contribution < 1.29 is 17.6 Å². The molecule has 0 bridgehead atoms. The molecule has 0 spiro atoms. The van der Waals surface area contributed by atoms with Gasteiger partial charge in [0.2, 0.25) is 0 Å². The fourth-order valence-electron chi connectivity index (χ4n) is 2.37. The molecule has 0 radical (unpaired) electrons. The fraction of sp³-hybridized carbons (Fsp3) is 0.462. The molecule has 1 atom stereocenters. The third-order valence-corrected chi connectivity index (χ3v) is 3.36. The number of hydrogen-bond acceptors (Lipinski definition) is 2. The first kappa shape index (κ1) is 13.8.